The molecule has 1 rings (SSSR count). The Balaban J connectivity index is 2.86. The van der Waals surface area contributed by atoms with Gasteiger partial charge in [-0.25, -0.2) is 0 Å². The van der Waals surface area contributed by atoms with E-state index in [9.17, 15) is 0 Å². The van der Waals surface area contributed by atoms with Gasteiger partial charge in [-0.05, 0) is 31.9 Å². The first-order valence-electron chi connectivity index (χ1n) is 6.68. The van der Waals surface area contributed by atoms with E-state index in [1.807, 2.05) is 0 Å². The Kier molecular flexibility index (Phi) is 6.06. The fraction of sp³-hybridized carbons (Fsp3) is 0.600. The molecule has 0 saturated carbocycles. The van der Waals surface area contributed by atoms with Gasteiger partial charge in [0.05, 0.1) is 6.10 Å². The molecule has 0 fully saturated rings. The van der Waals surface area contributed by atoms with Crippen LogP contribution in [0.5, 0.6) is 5.75 Å². The molecule has 0 aromatic heterocycles. The molecule has 2 nitrogen and oxygen atoms in total. The Hall–Kier alpha value is -1.02. The predicted octanol–water partition coefficient (Wildman–Crippen LogP) is 3.67. The van der Waals surface area contributed by atoms with E-state index in [1.54, 1.807) is 0 Å². The van der Waals surface area contributed by atoms with E-state index in [0.29, 0.717) is 6.10 Å². The lowest BCUT2D eigenvalue weighted by atomic mass is 10.1. The summed E-state index contributed by atoms with van der Waals surface area (Å²) in [4.78, 5) is 0. The third kappa shape index (κ3) is 4.04. The smallest absolute Gasteiger partial charge is 0.127 e. The SMILES string of the molecule is CCNCc1cccc(C)c1OC(CC)CC. The van der Waals surface area contributed by atoms with Crippen LogP contribution in [-0.2, 0) is 6.54 Å². The van der Waals surface area contributed by atoms with Gasteiger partial charge in [0.2, 0.25) is 0 Å². The number of hydrogen-bond acceptors (Lipinski definition) is 2. The molecule has 2 heteroatoms. The third-order valence-electron chi connectivity index (χ3n) is 3.05. The van der Waals surface area contributed by atoms with Crippen LogP contribution >= 0.6 is 0 Å². The van der Waals surface area contributed by atoms with E-state index in [0.717, 1.165) is 31.7 Å². The van der Waals surface area contributed by atoms with Crippen molar-refractivity contribution in [2.45, 2.75) is 53.2 Å². The highest BCUT2D eigenvalue weighted by atomic mass is 16.5. The monoisotopic (exact) mass is 235 g/mol. The molecule has 1 aromatic rings. The molecule has 0 radical (unpaired) electrons. The van der Waals surface area contributed by atoms with Crippen molar-refractivity contribution in [3.8, 4) is 5.75 Å². The molecule has 96 valence electrons. The van der Waals surface area contributed by atoms with Crippen LogP contribution in [0.1, 0.15) is 44.7 Å². The molecular weight excluding hydrogens is 210 g/mol. The standard InChI is InChI=1S/C15H25NO/c1-5-14(6-2)17-15-12(4)9-8-10-13(15)11-16-7-3/h8-10,14,16H,5-7,11H2,1-4H3. The van der Waals surface area contributed by atoms with Crippen molar-refractivity contribution in [1.29, 1.82) is 0 Å². The quantitative estimate of drug-likeness (QED) is 0.778. The van der Waals surface area contributed by atoms with Crippen LogP contribution in [0, 0.1) is 6.92 Å². The van der Waals surface area contributed by atoms with Crippen molar-refractivity contribution in [3.63, 3.8) is 0 Å². The summed E-state index contributed by atoms with van der Waals surface area (Å²) in [7, 11) is 0. The van der Waals surface area contributed by atoms with Gasteiger partial charge in [0.15, 0.2) is 0 Å². The van der Waals surface area contributed by atoms with Crippen LogP contribution in [0.2, 0.25) is 0 Å². The van der Waals surface area contributed by atoms with Crippen molar-refractivity contribution in [3.05, 3.63) is 29.3 Å². The van der Waals surface area contributed by atoms with E-state index >= 15 is 0 Å². The van der Waals surface area contributed by atoms with Gasteiger partial charge in [0.25, 0.3) is 0 Å². The molecule has 0 aliphatic rings. The van der Waals surface area contributed by atoms with Gasteiger partial charge in [0.1, 0.15) is 5.75 Å². The van der Waals surface area contributed by atoms with Crippen LogP contribution in [0.25, 0.3) is 0 Å². The maximum atomic E-state index is 6.13. The lowest BCUT2D eigenvalue weighted by molar-refractivity contribution is 0.189. The van der Waals surface area contributed by atoms with Crippen LogP contribution < -0.4 is 10.1 Å². The van der Waals surface area contributed by atoms with E-state index in [1.165, 1.54) is 11.1 Å². The fourth-order valence-electron chi connectivity index (χ4n) is 1.90. The summed E-state index contributed by atoms with van der Waals surface area (Å²) >= 11 is 0. The van der Waals surface area contributed by atoms with Gasteiger partial charge in [0, 0.05) is 12.1 Å². The second-order valence-corrected chi connectivity index (χ2v) is 4.40. The highest BCUT2D eigenvalue weighted by Crippen LogP contribution is 2.25. The van der Waals surface area contributed by atoms with Gasteiger partial charge >= 0.3 is 0 Å². The van der Waals surface area contributed by atoms with Gasteiger partial charge in [-0.1, -0.05) is 39.0 Å². The minimum absolute atomic E-state index is 0.330. The topological polar surface area (TPSA) is 21.3 Å². The Morgan fingerprint density at radius 1 is 1.18 bits per heavy atom. The van der Waals surface area contributed by atoms with E-state index in [4.69, 9.17) is 4.74 Å². The number of benzene rings is 1. The van der Waals surface area contributed by atoms with Crippen molar-refractivity contribution in [2.75, 3.05) is 6.54 Å². The largest absolute Gasteiger partial charge is 0.490 e. The fourth-order valence-corrected chi connectivity index (χ4v) is 1.90. The van der Waals surface area contributed by atoms with E-state index in [2.05, 4.69) is 51.2 Å². The lowest BCUT2D eigenvalue weighted by Crippen LogP contribution is -2.18. The Bertz CT molecular complexity index is 332. The molecule has 0 heterocycles. The summed E-state index contributed by atoms with van der Waals surface area (Å²) in [5.74, 6) is 1.07. The summed E-state index contributed by atoms with van der Waals surface area (Å²) in [6.45, 7) is 10.5. The first kappa shape index (κ1) is 14.0. The van der Waals surface area contributed by atoms with Crippen LogP contribution in [0.4, 0.5) is 0 Å². The Labute approximate surface area is 105 Å². The maximum Gasteiger partial charge on any atom is 0.127 e. The first-order chi connectivity index (χ1) is 8.22. The normalized spacial score (nSPS) is 10.9. The number of hydrogen-bond donors (Lipinski definition) is 1. The summed E-state index contributed by atoms with van der Waals surface area (Å²) in [6, 6.07) is 6.36. The van der Waals surface area contributed by atoms with E-state index < -0.39 is 0 Å². The molecule has 0 saturated heterocycles. The van der Waals surface area contributed by atoms with Crippen molar-refractivity contribution >= 4 is 0 Å². The number of nitrogens with one attached hydrogen (secondary N) is 1. The summed E-state index contributed by atoms with van der Waals surface area (Å²) in [6.07, 6.45) is 2.45. The molecule has 1 aromatic carbocycles. The third-order valence-corrected chi connectivity index (χ3v) is 3.05. The average molecular weight is 235 g/mol. The first-order valence-corrected chi connectivity index (χ1v) is 6.68. The van der Waals surface area contributed by atoms with Crippen molar-refractivity contribution in [2.24, 2.45) is 0 Å². The highest BCUT2D eigenvalue weighted by molar-refractivity contribution is 5.40. The number of para-hydroxylation sites is 1. The number of ether oxygens (including phenoxy) is 1. The minimum atomic E-state index is 0.330. The lowest BCUT2D eigenvalue weighted by Gasteiger charge is -2.20. The number of rotatable bonds is 7. The molecule has 0 spiro atoms. The molecule has 0 unspecified atom stereocenters. The summed E-state index contributed by atoms with van der Waals surface area (Å²) < 4.78 is 6.13. The molecule has 0 aliphatic carbocycles. The Morgan fingerprint density at radius 3 is 2.47 bits per heavy atom. The summed E-state index contributed by atoms with van der Waals surface area (Å²) in [5.41, 5.74) is 2.49. The minimum Gasteiger partial charge on any atom is -0.490 e. The number of aryl methyl sites for hydroxylation is 1. The zero-order chi connectivity index (χ0) is 12.7. The molecular formula is C15H25NO. The molecule has 0 amide bonds. The highest BCUT2D eigenvalue weighted by Gasteiger charge is 2.11. The van der Waals surface area contributed by atoms with Crippen LogP contribution in [-0.4, -0.2) is 12.6 Å². The van der Waals surface area contributed by atoms with Crippen molar-refractivity contribution in [1.82, 2.24) is 5.32 Å². The van der Waals surface area contributed by atoms with Gasteiger partial charge in [-0.2, -0.15) is 0 Å². The second kappa shape index (κ2) is 7.33. The zero-order valence-electron chi connectivity index (χ0n) is 11.5. The summed E-state index contributed by atoms with van der Waals surface area (Å²) in [5, 5.41) is 3.36. The van der Waals surface area contributed by atoms with Gasteiger partial charge in [-0.3, -0.25) is 0 Å². The van der Waals surface area contributed by atoms with Gasteiger partial charge < -0.3 is 10.1 Å². The molecule has 0 bridgehead atoms. The molecule has 1 N–H and O–H groups in total. The van der Waals surface area contributed by atoms with Crippen molar-refractivity contribution < 1.29 is 4.74 Å². The molecule has 17 heavy (non-hydrogen) atoms. The average Bonchev–Trinajstić information content (AvgIpc) is 2.35. The molecule has 0 atom stereocenters. The zero-order valence-corrected chi connectivity index (χ0v) is 11.5. The Morgan fingerprint density at radius 2 is 1.88 bits per heavy atom. The van der Waals surface area contributed by atoms with Crippen LogP contribution in [0.15, 0.2) is 18.2 Å². The van der Waals surface area contributed by atoms with Gasteiger partial charge in [-0.15, -0.1) is 0 Å². The van der Waals surface area contributed by atoms with E-state index in [-0.39, 0.29) is 0 Å². The van der Waals surface area contributed by atoms with Crippen LogP contribution in [0.3, 0.4) is 0 Å². The maximum absolute atomic E-state index is 6.13. The second-order valence-electron chi connectivity index (χ2n) is 4.40. The molecule has 0 aliphatic heterocycles. The predicted molar refractivity (Wildman–Crippen MR) is 73.6 cm³/mol.